The van der Waals surface area contributed by atoms with Gasteiger partial charge in [-0.1, -0.05) is 0 Å². The van der Waals surface area contributed by atoms with E-state index in [9.17, 15) is 22.8 Å². The summed E-state index contributed by atoms with van der Waals surface area (Å²) in [5.41, 5.74) is 0.437. The van der Waals surface area contributed by atoms with E-state index in [0.717, 1.165) is 6.07 Å². The van der Waals surface area contributed by atoms with Crippen LogP contribution in [0.3, 0.4) is 0 Å². The van der Waals surface area contributed by atoms with Crippen LogP contribution in [0.25, 0.3) is 0 Å². The number of carbonyl (C=O) groups excluding carboxylic acids is 2. The first-order valence-corrected chi connectivity index (χ1v) is 6.06. The maximum Gasteiger partial charge on any atom is 0.418 e. The summed E-state index contributed by atoms with van der Waals surface area (Å²) >= 11 is 0. The van der Waals surface area contributed by atoms with Crippen molar-refractivity contribution in [3.63, 3.8) is 0 Å². The Labute approximate surface area is 117 Å². The molecule has 1 aromatic rings. The first-order chi connectivity index (χ1) is 9.81. The predicted molar refractivity (Wildman–Crippen MR) is 68.1 cm³/mol. The zero-order chi connectivity index (χ0) is 15.6. The van der Waals surface area contributed by atoms with Crippen LogP contribution in [0.5, 0.6) is 0 Å². The van der Waals surface area contributed by atoms with Crippen molar-refractivity contribution in [3.8, 4) is 0 Å². The average molecular weight is 302 g/mol. The topological polar surface area (TPSA) is 96.2 Å². The average Bonchev–Trinajstić information content (AvgIpc) is 2.82. The number of nitrogens with one attached hydrogen (secondary N) is 3. The van der Waals surface area contributed by atoms with Crippen LogP contribution in [0, 0.1) is 0 Å². The van der Waals surface area contributed by atoms with Gasteiger partial charge in [-0.25, -0.2) is 0 Å². The molecule has 1 aliphatic heterocycles. The molecule has 0 aliphatic carbocycles. The van der Waals surface area contributed by atoms with Crippen molar-refractivity contribution in [1.82, 2.24) is 10.6 Å². The van der Waals surface area contributed by atoms with Gasteiger partial charge in [-0.15, -0.1) is 0 Å². The van der Waals surface area contributed by atoms with Gasteiger partial charge in [-0.05, 0) is 18.2 Å². The molecule has 0 radical (unpaired) electrons. The second-order valence-corrected chi connectivity index (χ2v) is 4.58. The van der Waals surface area contributed by atoms with Crippen LogP contribution in [0.2, 0.25) is 0 Å². The molecule has 9 heteroatoms. The highest BCUT2D eigenvalue weighted by Crippen LogP contribution is 2.35. The first kappa shape index (κ1) is 15.1. The minimum absolute atomic E-state index is 0.111. The number of alkyl halides is 3. The third-order valence-corrected chi connectivity index (χ3v) is 3.06. The third-order valence-electron chi connectivity index (χ3n) is 3.06. The van der Waals surface area contributed by atoms with E-state index in [2.05, 4.69) is 10.6 Å². The van der Waals surface area contributed by atoms with E-state index >= 15 is 0 Å². The van der Waals surface area contributed by atoms with Crippen LogP contribution in [0.15, 0.2) is 18.2 Å². The Morgan fingerprint density at radius 2 is 2.10 bits per heavy atom. The number of hydrogen-bond acceptors (Lipinski definition) is 4. The van der Waals surface area contributed by atoms with Crippen molar-refractivity contribution in [2.45, 2.75) is 18.6 Å². The Morgan fingerprint density at radius 3 is 2.62 bits per heavy atom. The summed E-state index contributed by atoms with van der Waals surface area (Å²) in [7, 11) is 0. The summed E-state index contributed by atoms with van der Waals surface area (Å²) in [4.78, 5) is 22.9. The second kappa shape index (κ2) is 5.60. The van der Waals surface area contributed by atoms with Crippen molar-refractivity contribution in [1.29, 1.82) is 0 Å². The van der Waals surface area contributed by atoms with Crippen LogP contribution >= 0.6 is 0 Å². The van der Waals surface area contributed by atoms with Crippen molar-refractivity contribution < 1.29 is 22.8 Å². The van der Waals surface area contributed by atoms with Gasteiger partial charge >= 0.3 is 6.18 Å². The zero-order valence-electron chi connectivity index (χ0n) is 10.8. The summed E-state index contributed by atoms with van der Waals surface area (Å²) in [6.07, 6.45) is -4.52. The molecule has 1 saturated heterocycles. The zero-order valence-corrected chi connectivity index (χ0v) is 10.8. The third kappa shape index (κ3) is 3.43. The molecule has 6 nitrogen and oxygen atoms in total. The quantitative estimate of drug-likeness (QED) is 0.486. The molecule has 0 bridgehead atoms. The maximum absolute atomic E-state index is 12.9. The van der Waals surface area contributed by atoms with Crippen molar-refractivity contribution >= 4 is 17.5 Å². The van der Waals surface area contributed by atoms with Crippen molar-refractivity contribution in [3.05, 3.63) is 29.3 Å². The highest BCUT2D eigenvalue weighted by molar-refractivity contribution is 5.95. The van der Waals surface area contributed by atoms with Crippen molar-refractivity contribution in [2.75, 3.05) is 12.0 Å². The SMILES string of the molecule is NNc1ccc(C(=O)NC2CNC(=O)C2)cc1C(F)(F)F. The fourth-order valence-electron chi connectivity index (χ4n) is 2.02. The van der Waals surface area contributed by atoms with E-state index in [1.165, 1.54) is 6.07 Å². The Balaban J connectivity index is 2.20. The van der Waals surface area contributed by atoms with Crippen LogP contribution in [0.1, 0.15) is 22.3 Å². The molecule has 1 atom stereocenters. The number of hydrogen-bond donors (Lipinski definition) is 4. The monoisotopic (exact) mass is 302 g/mol. The van der Waals surface area contributed by atoms with Gasteiger partial charge in [0, 0.05) is 18.5 Å². The molecule has 1 aromatic carbocycles. The fourth-order valence-corrected chi connectivity index (χ4v) is 2.02. The lowest BCUT2D eigenvalue weighted by molar-refractivity contribution is -0.137. The Hall–Kier alpha value is -2.29. The van der Waals surface area contributed by atoms with E-state index in [0.29, 0.717) is 6.07 Å². The fraction of sp³-hybridized carbons (Fsp3) is 0.333. The van der Waals surface area contributed by atoms with E-state index in [-0.39, 0.29) is 30.1 Å². The van der Waals surface area contributed by atoms with Gasteiger partial charge in [0.2, 0.25) is 5.91 Å². The molecule has 114 valence electrons. The summed E-state index contributed by atoms with van der Waals surface area (Å²) in [5, 5.41) is 5.02. The number of amides is 2. The largest absolute Gasteiger partial charge is 0.418 e. The van der Waals surface area contributed by atoms with Crippen LogP contribution in [-0.2, 0) is 11.0 Å². The van der Waals surface area contributed by atoms with Crippen LogP contribution in [-0.4, -0.2) is 24.4 Å². The van der Waals surface area contributed by atoms with E-state index in [1.54, 1.807) is 0 Å². The molecule has 5 N–H and O–H groups in total. The molecular formula is C12H13F3N4O2. The lowest BCUT2D eigenvalue weighted by Crippen LogP contribution is -2.36. The van der Waals surface area contributed by atoms with Gasteiger partial charge < -0.3 is 16.1 Å². The van der Waals surface area contributed by atoms with E-state index in [4.69, 9.17) is 5.84 Å². The highest BCUT2D eigenvalue weighted by atomic mass is 19.4. The summed E-state index contributed by atoms with van der Waals surface area (Å²) in [6, 6.07) is 2.60. The molecule has 0 saturated carbocycles. The van der Waals surface area contributed by atoms with E-state index < -0.39 is 23.7 Å². The standard InChI is InChI=1S/C12H13F3N4O2/c13-12(14,15)8-3-6(1-2-9(8)19-16)11(21)18-7-4-10(20)17-5-7/h1-3,7,19H,4-5,16H2,(H,17,20)(H,18,21). The molecule has 0 aromatic heterocycles. The summed E-state index contributed by atoms with van der Waals surface area (Å²) < 4.78 is 38.6. The van der Waals surface area contributed by atoms with Gasteiger partial charge in [0.05, 0.1) is 17.3 Å². The Morgan fingerprint density at radius 1 is 1.38 bits per heavy atom. The number of hydrazine groups is 1. The number of halogens is 3. The number of carbonyl (C=O) groups is 2. The molecule has 1 heterocycles. The van der Waals surface area contributed by atoms with Crippen LogP contribution < -0.4 is 21.9 Å². The molecule has 2 amide bonds. The van der Waals surface area contributed by atoms with Crippen LogP contribution in [0.4, 0.5) is 18.9 Å². The van der Waals surface area contributed by atoms with Gasteiger partial charge in [-0.3, -0.25) is 15.4 Å². The molecule has 2 rings (SSSR count). The number of anilines is 1. The summed E-state index contributed by atoms with van der Waals surface area (Å²) in [5.74, 6) is 4.14. The number of nitrogens with two attached hydrogens (primary N) is 1. The van der Waals surface area contributed by atoms with Gasteiger partial charge in [-0.2, -0.15) is 13.2 Å². The molecule has 0 spiro atoms. The Bertz CT molecular complexity index is 574. The summed E-state index contributed by atoms with van der Waals surface area (Å²) in [6.45, 7) is 0.263. The van der Waals surface area contributed by atoms with Gasteiger partial charge in [0.15, 0.2) is 0 Å². The molecule has 1 unspecified atom stereocenters. The second-order valence-electron chi connectivity index (χ2n) is 4.58. The minimum Gasteiger partial charge on any atom is -0.354 e. The predicted octanol–water partition coefficient (Wildman–Crippen LogP) is 0.609. The van der Waals surface area contributed by atoms with E-state index in [1.807, 2.05) is 5.43 Å². The highest BCUT2D eigenvalue weighted by Gasteiger charge is 2.34. The smallest absolute Gasteiger partial charge is 0.354 e. The minimum atomic E-state index is -4.64. The number of benzene rings is 1. The number of rotatable bonds is 3. The normalized spacial score (nSPS) is 18.3. The molecular weight excluding hydrogens is 289 g/mol. The lowest BCUT2D eigenvalue weighted by Gasteiger charge is -2.15. The Kier molecular flexibility index (Phi) is 4.03. The number of nitrogen functional groups attached to an aromatic ring is 1. The van der Waals surface area contributed by atoms with Crippen molar-refractivity contribution in [2.24, 2.45) is 5.84 Å². The first-order valence-electron chi connectivity index (χ1n) is 6.06. The molecule has 1 fully saturated rings. The van der Waals surface area contributed by atoms with Gasteiger partial charge in [0.25, 0.3) is 5.91 Å². The maximum atomic E-state index is 12.9. The van der Waals surface area contributed by atoms with Gasteiger partial charge in [0.1, 0.15) is 0 Å². The lowest BCUT2D eigenvalue weighted by atomic mass is 10.1. The molecule has 21 heavy (non-hydrogen) atoms. The molecule has 1 aliphatic rings.